The van der Waals surface area contributed by atoms with Crippen LogP contribution in [0.15, 0.2) is 30.3 Å². The maximum absolute atomic E-state index is 12.2. The standard InChI is InChI=1S/C16H15N5O2S/c22-11(8-9-4-2-1-3-5-9)17-13-12-14(21-20-13)18-16(24-12)19-15(23)10-6-7-10/h1-5,10H,6-8H2,(H3,17,18,19,20,21,22,23). The Morgan fingerprint density at radius 3 is 2.75 bits per heavy atom. The van der Waals surface area contributed by atoms with E-state index in [1.807, 2.05) is 30.3 Å². The quantitative estimate of drug-likeness (QED) is 0.664. The maximum atomic E-state index is 12.2. The first-order valence-electron chi connectivity index (χ1n) is 7.68. The number of hydrogen-bond acceptors (Lipinski definition) is 5. The number of anilines is 2. The first-order chi connectivity index (χ1) is 11.7. The van der Waals surface area contributed by atoms with Crippen molar-refractivity contribution < 1.29 is 9.59 Å². The van der Waals surface area contributed by atoms with Crippen molar-refractivity contribution in [1.29, 1.82) is 0 Å². The van der Waals surface area contributed by atoms with Gasteiger partial charge in [-0.1, -0.05) is 41.7 Å². The van der Waals surface area contributed by atoms with Crippen LogP contribution in [0.1, 0.15) is 18.4 Å². The van der Waals surface area contributed by atoms with Crippen LogP contribution in [0.2, 0.25) is 0 Å². The summed E-state index contributed by atoms with van der Waals surface area (Å²) in [5.41, 5.74) is 1.49. The Morgan fingerprint density at radius 2 is 2.00 bits per heavy atom. The molecule has 1 aliphatic carbocycles. The third-order valence-electron chi connectivity index (χ3n) is 3.76. The number of amides is 2. The van der Waals surface area contributed by atoms with Crippen molar-refractivity contribution in [1.82, 2.24) is 15.2 Å². The lowest BCUT2D eigenvalue weighted by Gasteiger charge is -2.02. The summed E-state index contributed by atoms with van der Waals surface area (Å²) in [6.07, 6.45) is 2.16. The Bertz CT molecular complexity index is 898. The first kappa shape index (κ1) is 14.8. The molecule has 2 aromatic heterocycles. The zero-order chi connectivity index (χ0) is 16.5. The molecular formula is C16H15N5O2S. The van der Waals surface area contributed by atoms with E-state index in [9.17, 15) is 9.59 Å². The Hall–Kier alpha value is -2.74. The molecule has 0 unspecified atom stereocenters. The topological polar surface area (TPSA) is 99.8 Å². The van der Waals surface area contributed by atoms with E-state index < -0.39 is 0 Å². The molecule has 1 fully saturated rings. The van der Waals surface area contributed by atoms with Crippen LogP contribution in [0.4, 0.5) is 10.9 Å². The van der Waals surface area contributed by atoms with Gasteiger partial charge < -0.3 is 10.6 Å². The average Bonchev–Trinajstić information content (AvgIpc) is 3.26. The minimum atomic E-state index is -0.147. The minimum Gasteiger partial charge on any atom is -0.308 e. The summed E-state index contributed by atoms with van der Waals surface area (Å²) in [5, 5.41) is 13.0. The smallest absolute Gasteiger partial charge is 0.230 e. The van der Waals surface area contributed by atoms with E-state index in [1.165, 1.54) is 11.3 Å². The van der Waals surface area contributed by atoms with Gasteiger partial charge in [0.25, 0.3) is 0 Å². The zero-order valence-corrected chi connectivity index (χ0v) is 13.5. The zero-order valence-electron chi connectivity index (χ0n) is 12.7. The lowest BCUT2D eigenvalue weighted by molar-refractivity contribution is -0.117. The van der Waals surface area contributed by atoms with Crippen molar-refractivity contribution in [2.45, 2.75) is 19.3 Å². The Kier molecular flexibility index (Phi) is 3.73. The molecular weight excluding hydrogens is 326 g/mol. The van der Waals surface area contributed by atoms with Gasteiger partial charge in [0.05, 0.1) is 6.42 Å². The average molecular weight is 341 g/mol. The minimum absolute atomic E-state index is 0.00836. The molecule has 3 aromatic rings. The Balaban J connectivity index is 1.46. The number of thiazole rings is 1. The highest BCUT2D eigenvalue weighted by molar-refractivity contribution is 7.22. The van der Waals surface area contributed by atoms with Crippen LogP contribution in [0.25, 0.3) is 10.3 Å². The molecule has 8 heteroatoms. The van der Waals surface area contributed by atoms with Crippen LogP contribution < -0.4 is 10.6 Å². The van der Waals surface area contributed by atoms with E-state index in [4.69, 9.17) is 0 Å². The summed E-state index contributed by atoms with van der Waals surface area (Å²) in [7, 11) is 0. The maximum Gasteiger partial charge on any atom is 0.230 e. The van der Waals surface area contributed by atoms with Crippen molar-refractivity contribution in [3.8, 4) is 0 Å². The largest absolute Gasteiger partial charge is 0.308 e. The third-order valence-corrected chi connectivity index (χ3v) is 4.74. The van der Waals surface area contributed by atoms with E-state index in [0.717, 1.165) is 23.1 Å². The lowest BCUT2D eigenvalue weighted by atomic mass is 10.1. The van der Waals surface area contributed by atoms with Crippen molar-refractivity contribution in [3.63, 3.8) is 0 Å². The summed E-state index contributed by atoms with van der Waals surface area (Å²) in [4.78, 5) is 28.2. The van der Waals surface area contributed by atoms with Gasteiger partial charge in [-0.15, -0.1) is 0 Å². The van der Waals surface area contributed by atoms with Gasteiger partial charge in [0, 0.05) is 5.92 Å². The van der Waals surface area contributed by atoms with Gasteiger partial charge >= 0.3 is 0 Å². The molecule has 0 saturated heterocycles. The molecule has 0 spiro atoms. The number of aromatic amines is 1. The predicted octanol–water partition coefficient (Wildman–Crippen LogP) is 2.55. The molecule has 1 aliphatic rings. The van der Waals surface area contributed by atoms with E-state index in [0.29, 0.717) is 16.6 Å². The van der Waals surface area contributed by atoms with Crippen LogP contribution in [-0.4, -0.2) is 27.0 Å². The fraction of sp³-hybridized carbons (Fsp3) is 0.250. The second-order valence-electron chi connectivity index (χ2n) is 5.74. The van der Waals surface area contributed by atoms with Crippen LogP contribution in [0.3, 0.4) is 0 Å². The highest BCUT2D eigenvalue weighted by atomic mass is 32.1. The van der Waals surface area contributed by atoms with Crippen LogP contribution >= 0.6 is 11.3 Å². The number of nitrogens with zero attached hydrogens (tertiary/aromatic N) is 2. The summed E-state index contributed by atoms with van der Waals surface area (Å²) in [5.74, 6) is 0.423. The molecule has 0 aliphatic heterocycles. The number of fused-ring (bicyclic) bond motifs is 1. The normalized spacial score (nSPS) is 13.8. The van der Waals surface area contributed by atoms with Gasteiger partial charge in [0.15, 0.2) is 16.6 Å². The molecule has 3 N–H and O–H groups in total. The molecule has 1 saturated carbocycles. The highest BCUT2D eigenvalue weighted by Gasteiger charge is 2.30. The number of nitrogens with one attached hydrogen (secondary N) is 3. The molecule has 0 atom stereocenters. The highest BCUT2D eigenvalue weighted by Crippen LogP contribution is 2.33. The summed E-state index contributed by atoms with van der Waals surface area (Å²) >= 11 is 1.30. The Morgan fingerprint density at radius 1 is 1.21 bits per heavy atom. The van der Waals surface area contributed by atoms with Crippen molar-refractivity contribution in [2.24, 2.45) is 5.92 Å². The van der Waals surface area contributed by atoms with Crippen LogP contribution in [0.5, 0.6) is 0 Å². The molecule has 7 nitrogen and oxygen atoms in total. The second-order valence-corrected chi connectivity index (χ2v) is 6.74. The molecule has 2 heterocycles. The van der Waals surface area contributed by atoms with Crippen molar-refractivity contribution in [2.75, 3.05) is 10.6 Å². The Labute approximate surface area is 141 Å². The van der Waals surface area contributed by atoms with E-state index in [1.54, 1.807) is 0 Å². The van der Waals surface area contributed by atoms with Crippen LogP contribution in [-0.2, 0) is 16.0 Å². The summed E-state index contributed by atoms with van der Waals surface area (Å²) < 4.78 is 0.725. The van der Waals surface area contributed by atoms with Crippen LogP contribution in [0, 0.1) is 5.92 Å². The van der Waals surface area contributed by atoms with E-state index in [-0.39, 0.29) is 24.2 Å². The van der Waals surface area contributed by atoms with Gasteiger partial charge in [0.2, 0.25) is 11.8 Å². The number of H-pyrrole nitrogens is 1. The molecule has 4 rings (SSSR count). The van der Waals surface area contributed by atoms with E-state index in [2.05, 4.69) is 25.8 Å². The van der Waals surface area contributed by atoms with Gasteiger partial charge in [0.1, 0.15) is 4.70 Å². The summed E-state index contributed by atoms with van der Waals surface area (Å²) in [6, 6.07) is 9.50. The number of aromatic nitrogens is 3. The van der Waals surface area contributed by atoms with Gasteiger partial charge in [-0.2, -0.15) is 5.10 Å². The predicted molar refractivity (Wildman–Crippen MR) is 91.9 cm³/mol. The molecule has 2 amide bonds. The van der Waals surface area contributed by atoms with Gasteiger partial charge in [-0.3, -0.25) is 14.7 Å². The number of hydrogen-bond donors (Lipinski definition) is 3. The number of carbonyl (C=O) groups excluding carboxylic acids is 2. The van der Waals surface area contributed by atoms with Crippen molar-refractivity contribution in [3.05, 3.63) is 35.9 Å². The SMILES string of the molecule is O=C(Cc1ccccc1)Nc1n[nH]c2nc(NC(=O)C3CC3)sc12. The van der Waals surface area contributed by atoms with E-state index >= 15 is 0 Å². The lowest BCUT2D eigenvalue weighted by Crippen LogP contribution is -2.14. The monoisotopic (exact) mass is 341 g/mol. The summed E-state index contributed by atoms with van der Waals surface area (Å²) in [6.45, 7) is 0. The molecule has 122 valence electrons. The van der Waals surface area contributed by atoms with Crippen molar-refractivity contribution >= 4 is 44.4 Å². The number of benzene rings is 1. The molecule has 24 heavy (non-hydrogen) atoms. The second kappa shape index (κ2) is 6.04. The van der Waals surface area contributed by atoms with Gasteiger partial charge in [-0.05, 0) is 18.4 Å². The fourth-order valence-electron chi connectivity index (χ4n) is 2.36. The first-order valence-corrected chi connectivity index (χ1v) is 8.50. The molecule has 1 aromatic carbocycles. The van der Waals surface area contributed by atoms with Gasteiger partial charge in [-0.25, -0.2) is 4.98 Å². The number of carbonyl (C=O) groups is 2. The fourth-order valence-corrected chi connectivity index (χ4v) is 3.23. The number of rotatable bonds is 5. The third kappa shape index (κ3) is 3.13. The molecule has 0 bridgehead atoms. The molecule has 0 radical (unpaired) electrons.